The highest BCUT2D eigenvalue weighted by atomic mass is 32.1. The number of amides is 1. The van der Waals surface area contributed by atoms with Crippen LogP contribution in [0.2, 0.25) is 0 Å². The lowest BCUT2D eigenvalue weighted by Gasteiger charge is -2.21. The number of aromatic hydroxyl groups is 1. The highest BCUT2D eigenvalue weighted by Gasteiger charge is 2.21. The largest absolute Gasteiger partial charge is 0.507 e. The summed E-state index contributed by atoms with van der Waals surface area (Å²) >= 11 is 4.92. The van der Waals surface area contributed by atoms with Gasteiger partial charge in [-0.3, -0.25) is 4.79 Å². The SMILES string of the molecule is COc1ccc(O)c(C(=O)NC(C(N)=S)C(C)C)c1. The van der Waals surface area contributed by atoms with E-state index in [1.54, 1.807) is 6.07 Å². The van der Waals surface area contributed by atoms with Crippen LogP contribution in [0.4, 0.5) is 0 Å². The summed E-state index contributed by atoms with van der Waals surface area (Å²) in [6.45, 7) is 3.80. The molecule has 0 aliphatic heterocycles. The topological polar surface area (TPSA) is 84.6 Å². The van der Waals surface area contributed by atoms with Crippen LogP contribution in [0.15, 0.2) is 18.2 Å². The third-order valence-corrected chi connectivity index (χ3v) is 2.96. The molecule has 19 heavy (non-hydrogen) atoms. The third kappa shape index (κ3) is 3.82. The van der Waals surface area contributed by atoms with Gasteiger partial charge in [-0.1, -0.05) is 26.1 Å². The number of phenols is 1. The first-order valence-electron chi connectivity index (χ1n) is 5.84. The van der Waals surface area contributed by atoms with Crippen LogP contribution in [0.3, 0.4) is 0 Å². The minimum absolute atomic E-state index is 0.0641. The second kappa shape index (κ2) is 6.38. The van der Waals surface area contributed by atoms with Crippen molar-refractivity contribution in [2.45, 2.75) is 19.9 Å². The average Bonchev–Trinajstić information content (AvgIpc) is 2.35. The number of benzene rings is 1. The molecule has 0 fully saturated rings. The molecule has 104 valence electrons. The van der Waals surface area contributed by atoms with Gasteiger partial charge < -0.3 is 20.9 Å². The summed E-state index contributed by atoms with van der Waals surface area (Å²) in [6, 6.07) is 4.01. The fourth-order valence-corrected chi connectivity index (χ4v) is 1.94. The van der Waals surface area contributed by atoms with Crippen LogP contribution in [-0.2, 0) is 0 Å². The zero-order valence-corrected chi connectivity index (χ0v) is 12.0. The molecule has 1 amide bonds. The van der Waals surface area contributed by atoms with E-state index in [2.05, 4.69) is 5.32 Å². The molecular formula is C13H18N2O3S. The fourth-order valence-electron chi connectivity index (χ4n) is 1.61. The number of hydrogen-bond acceptors (Lipinski definition) is 4. The van der Waals surface area contributed by atoms with Gasteiger partial charge in [0.05, 0.1) is 23.7 Å². The predicted octanol–water partition coefficient (Wildman–Crippen LogP) is 1.44. The molecule has 0 spiro atoms. The Morgan fingerprint density at radius 3 is 2.58 bits per heavy atom. The Kier molecular flexibility index (Phi) is 5.11. The number of hydrogen-bond donors (Lipinski definition) is 3. The maximum Gasteiger partial charge on any atom is 0.255 e. The van der Waals surface area contributed by atoms with Crippen LogP contribution in [0.5, 0.6) is 11.5 Å². The quantitative estimate of drug-likeness (QED) is 0.712. The summed E-state index contributed by atoms with van der Waals surface area (Å²) in [7, 11) is 1.49. The van der Waals surface area contributed by atoms with Crippen molar-refractivity contribution in [2.24, 2.45) is 11.7 Å². The number of phenolic OH excluding ortho intramolecular Hbond substituents is 1. The second-order valence-electron chi connectivity index (χ2n) is 4.48. The number of ether oxygens (including phenoxy) is 1. The fraction of sp³-hybridized carbons (Fsp3) is 0.385. The van der Waals surface area contributed by atoms with Crippen molar-refractivity contribution in [3.63, 3.8) is 0 Å². The molecule has 1 aromatic carbocycles. The first-order valence-corrected chi connectivity index (χ1v) is 6.24. The van der Waals surface area contributed by atoms with Crippen molar-refractivity contribution in [3.8, 4) is 11.5 Å². The molecule has 1 aromatic rings. The molecule has 5 nitrogen and oxygen atoms in total. The van der Waals surface area contributed by atoms with Gasteiger partial charge in [0.15, 0.2) is 0 Å². The van der Waals surface area contributed by atoms with Gasteiger partial charge in [0.25, 0.3) is 5.91 Å². The monoisotopic (exact) mass is 282 g/mol. The van der Waals surface area contributed by atoms with Crippen LogP contribution < -0.4 is 15.8 Å². The number of nitrogens with one attached hydrogen (secondary N) is 1. The molecule has 6 heteroatoms. The van der Waals surface area contributed by atoms with Gasteiger partial charge in [-0.2, -0.15) is 0 Å². The molecule has 4 N–H and O–H groups in total. The van der Waals surface area contributed by atoms with Gasteiger partial charge in [-0.05, 0) is 24.1 Å². The smallest absolute Gasteiger partial charge is 0.255 e. The maximum atomic E-state index is 12.1. The minimum atomic E-state index is -0.442. The summed E-state index contributed by atoms with van der Waals surface area (Å²) in [5, 5.41) is 12.4. The molecule has 0 saturated carbocycles. The van der Waals surface area contributed by atoms with Crippen molar-refractivity contribution in [3.05, 3.63) is 23.8 Å². The van der Waals surface area contributed by atoms with Crippen molar-refractivity contribution < 1.29 is 14.6 Å². The van der Waals surface area contributed by atoms with Crippen molar-refractivity contribution in [1.29, 1.82) is 0 Å². The normalized spacial score (nSPS) is 12.0. The Labute approximate surface area is 117 Å². The first kappa shape index (κ1) is 15.2. The molecular weight excluding hydrogens is 264 g/mol. The first-order chi connectivity index (χ1) is 8.86. The van der Waals surface area contributed by atoms with Crippen LogP contribution >= 0.6 is 12.2 Å². The Morgan fingerprint density at radius 2 is 2.11 bits per heavy atom. The molecule has 0 aromatic heterocycles. The molecule has 1 rings (SSSR count). The molecule has 0 aliphatic rings. The lowest BCUT2D eigenvalue weighted by molar-refractivity contribution is 0.0937. The number of carbonyl (C=O) groups excluding carboxylic acids is 1. The number of rotatable bonds is 5. The van der Waals surface area contributed by atoms with Gasteiger partial charge in [0.1, 0.15) is 11.5 Å². The van der Waals surface area contributed by atoms with E-state index in [4.69, 9.17) is 22.7 Å². The van der Waals surface area contributed by atoms with Gasteiger partial charge in [-0.15, -0.1) is 0 Å². The standard InChI is InChI=1S/C13H18N2O3S/c1-7(2)11(12(14)19)15-13(17)9-6-8(18-3)4-5-10(9)16/h4-7,11,16H,1-3H3,(H2,14,19)(H,15,17). The zero-order valence-electron chi connectivity index (χ0n) is 11.1. The molecule has 0 heterocycles. The van der Waals surface area contributed by atoms with Crippen molar-refractivity contribution >= 4 is 23.1 Å². The Balaban J connectivity index is 2.97. The molecule has 1 unspecified atom stereocenters. The summed E-state index contributed by atoms with van der Waals surface area (Å²) in [6.07, 6.45) is 0. The van der Waals surface area contributed by atoms with E-state index < -0.39 is 11.9 Å². The van der Waals surface area contributed by atoms with Crippen LogP contribution in [-0.4, -0.2) is 29.2 Å². The minimum Gasteiger partial charge on any atom is -0.507 e. The zero-order chi connectivity index (χ0) is 14.6. The van der Waals surface area contributed by atoms with E-state index in [1.165, 1.54) is 19.2 Å². The maximum absolute atomic E-state index is 12.1. The molecule has 1 atom stereocenters. The van der Waals surface area contributed by atoms with E-state index >= 15 is 0 Å². The van der Waals surface area contributed by atoms with E-state index in [0.29, 0.717) is 5.75 Å². The molecule has 0 aliphatic carbocycles. The lowest BCUT2D eigenvalue weighted by Crippen LogP contribution is -2.46. The number of thiocarbonyl (C=S) groups is 1. The van der Waals surface area contributed by atoms with E-state index in [-0.39, 0.29) is 22.2 Å². The molecule has 0 bridgehead atoms. The highest BCUT2D eigenvalue weighted by Crippen LogP contribution is 2.23. The van der Waals surface area contributed by atoms with E-state index in [9.17, 15) is 9.90 Å². The Morgan fingerprint density at radius 1 is 1.47 bits per heavy atom. The van der Waals surface area contributed by atoms with Gasteiger partial charge >= 0.3 is 0 Å². The molecule has 0 saturated heterocycles. The van der Waals surface area contributed by atoms with Crippen molar-refractivity contribution in [1.82, 2.24) is 5.32 Å². The van der Waals surface area contributed by atoms with Crippen molar-refractivity contribution in [2.75, 3.05) is 7.11 Å². The van der Waals surface area contributed by atoms with Crippen LogP contribution in [0, 0.1) is 5.92 Å². The highest BCUT2D eigenvalue weighted by molar-refractivity contribution is 7.80. The summed E-state index contributed by atoms with van der Waals surface area (Å²) < 4.78 is 5.02. The third-order valence-electron chi connectivity index (χ3n) is 2.71. The number of nitrogens with two attached hydrogens (primary N) is 1. The summed E-state index contributed by atoms with van der Waals surface area (Å²) in [5.74, 6) is -0.0137. The van der Waals surface area contributed by atoms with Crippen LogP contribution in [0.25, 0.3) is 0 Å². The van der Waals surface area contributed by atoms with E-state index in [0.717, 1.165) is 0 Å². The summed E-state index contributed by atoms with van der Waals surface area (Å²) in [5.41, 5.74) is 5.71. The van der Waals surface area contributed by atoms with Gasteiger partial charge in [0.2, 0.25) is 0 Å². The Hall–Kier alpha value is -1.82. The predicted molar refractivity (Wildman–Crippen MR) is 77.5 cm³/mol. The van der Waals surface area contributed by atoms with Gasteiger partial charge in [0, 0.05) is 0 Å². The van der Waals surface area contributed by atoms with Gasteiger partial charge in [-0.25, -0.2) is 0 Å². The summed E-state index contributed by atoms with van der Waals surface area (Å²) in [4.78, 5) is 12.3. The lowest BCUT2D eigenvalue weighted by atomic mass is 10.0. The van der Waals surface area contributed by atoms with Crippen LogP contribution in [0.1, 0.15) is 24.2 Å². The second-order valence-corrected chi connectivity index (χ2v) is 4.95. The Bertz CT molecular complexity index is 489. The molecule has 0 radical (unpaired) electrons. The average molecular weight is 282 g/mol. The number of methoxy groups -OCH3 is 1. The number of carbonyl (C=O) groups is 1. The van der Waals surface area contributed by atoms with E-state index in [1.807, 2.05) is 13.8 Å².